The van der Waals surface area contributed by atoms with E-state index in [4.69, 9.17) is 0 Å². The van der Waals surface area contributed by atoms with Crippen molar-refractivity contribution >= 4 is 15.9 Å². The number of benzene rings is 1. The maximum atomic E-state index is 12.7. The second-order valence-corrected chi connectivity index (χ2v) is 8.65. The molecule has 0 unspecified atom stereocenters. The molecule has 1 aromatic carbocycles. The van der Waals surface area contributed by atoms with Crippen molar-refractivity contribution in [3.63, 3.8) is 0 Å². The number of carbonyl (C=O) groups excluding carboxylic acids is 1. The molecule has 2 fully saturated rings. The van der Waals surface area contributed by atoms with Crippen molar-refractivity contribution in [2.75, 3.05) is 26.2 Å². The molecule has 1 aromatic rings. The summed E-state index contributed by atoms with van der Waals surface area (Å²) >= 11 is 0. The van der Waals surface area contributed by atoms with Gasteiger partial charge < -0.3 is 5.32 Å². The fourth-order valence-corrected chi connectivity index (χ4v) is 4.33. The number of hydrogen-bond donors (Lipinski definition) is 1. The molecule has 6 nitrogen and oxygen atoms in total. The molecule has 1 aliphatic carbocycles. The lowest BCUT2D eigenvalue weighted by Gasteiger charge is -2.36. The largest absolute Gasteiger partial charge is 0.352 e. The number of piperazine rings is 1. The first kappa shape index (κ1) is 17.4. The van der Waals surface area contributed by atoms with Gasteiger partial charge in [0.05, 0.1) is 10.9 Å². The Hall–Kier alpha value is -1.44. The van der Waals surface area contributed by atoms with Crippen molar-refractivity contribution in [2.24, 2.45) is 0 Å². The van der Waals surface area contributed by atoms with Gasteiger partial charge in [-0.1, -0.05) is 17.7 Å². The quantitative estimate of drug-likeness (QED) is 0.858. The van der Waals surface area contributed by atoms with E-state index in [1.807, 2.05) is 26.0 Å². The molecule has 1 amide bonds. The molecular formula is C17H25N3O3S. The Labute approximate surface area is 143 Å². The van der Waals surface area contributed by atoms with Crippen LogP contribution in [0.4, 0.5) is 0 Å². The van der Waals surface area contributed by atoms with Crippen molar-refractivity contribution in [3.8, 4) is 0 Å². The van der Waals surface area contributed by atoms with E-state index in [0.717, 1.165) is 18.4 Å². The fraction of sp³-hybridized carbons (Fsp3) is 0.588. The minimum absolute atomic E-state index is 0.0485. The number of carbonyl (C=O) groups is 1. The predicted molar refractivity (Wildman–Crippen MR) is 92.1 cm³/mol. The lowest BCUT2D eigenvalue weighted by Crippen LogP contribution is -2.55. The first-order valence-electron chi connectivity index (χ1n) is 8.49. The molecule has 1 saturated heterocycles. The molecule has 0 radical (unpaired) electrons. The van der Waals surface area contributed by atoms with Crippen LogP contribution in [0.1, 0.15) is 25.3 Å². The van der Waals surface area contributed by atoms with Crippen LogP contribution in [0.3, 0.4) is 0 Å². The standard InChI is InChI=1S/C17H25N3O3S/c1-13-3-7-16(8-4-13)24(22,23)20-11-9-19(10-12-20)14(2)17(21)18-15-5-6-15/h3-4,7-8,14-15H,5-6,9-12H2,1-2H3,(H,18,21)/t14-/m1/s1. The van der Waals surface area contributed by atoms with E-state index >= 15 is 0 Å². The van der Waals surface area contributed by atoms with Crippen LogP contribution in [0, 0.1) is 6.92 Å². The molecule has 0 bridgehead atoms. The second kappa shape index (κ2) is 6.82. The van der Waals surface area contributed by atoms with Crippen molar-refractivity contribution < 1.29 is 13.2 Å². The van der Waals surface area contributed by atoms with Crippen LogP contribution in [-0.4, -0.2) is 61.8 Å². The van der Waals surface area contributed by atoms with Crippen LogP contribution < -0.4 is 5.32 Å². The summed E-state index contributed by atoms with van der Waals surface area (Å²) < 4.78 is 26.9. The fourth-order valence-electron chi connectivity index (χ4n) is 2.91. The monoisotopic (exact) mass is 351 g/mol. The van der Waals surface area contributed by atoms with Gasteiger partial charge in [0.2, 0.25) is 15.9 Å². The normalized spacial score (nSPS) is 21.4. The number of nitrogens with one attached hydrogen (secondary N) is 1. The van der Waals surface area contributed by atoms with Crippen LogP contribution in [0.25, 0.3) is 0 Å². The number of hydrogen-bond acceptors (Lipinski definition) is 4. The Kier molecular flexibility index (Phi) is 4.94. The third-order valence-corrected chi connectivity index (χ3v) is 6.70. The Morgan fingerprint density at radius 2 is 1.71 bits per heavy atom. The van der Waals surface area contributed by atoms with Gasteiger partial charge in [-0.2, -0.15) is 4.31 Å². The molecule has 7 heteroatoms. The van der Waals surface area contributed by atoms with Gasteiger partial charge in [-0.3, -0.25) is 9.69 Å². The van der Waals surface area contributed by atoms with E-state index in [9.17, 15) is 13.2 Å². The minimum Gasteiger partial charge on any atom is -0.352 e. The van der Waals surface area contributed by atoms with Gasteiger partial charge >= 0.3 is 0 Å². The number of aryl methyl sites for hydroxylation is 1. The average Bonchev–Trinajstić information content (AvgIpc) is 3.38. The number of rotatable bonds is 5. The molecule has 24 heavy (non-hydrogen) atoms. The molecule has 0 spiro atoms. The van der Waals surface area contributed by atoms with E-state index in [1.54, 1.807) is 12.1 Å². The highest BCUT2D eigenvalue weighted by Gasteiger charge is 2.33. The molecule has 1 saturated carbocycles. The van der Waals surface area contributed by atoms with Crippen LogP contribution in [-0.2, 0) is 14.8 Å². The molecular weight excluding hydrogens is 326 g/mol. The van der Waals surface area contributed by atoms with E-state index in [2.05, 4.69) is 10.2 Å². The van der Waals surface area contributed by atoms with Gasteiger partial charge in [-0.15, -0.1) is 0 Å². The van der Waals surface area contributed by atoms with Crippen LogP contribution in [0.15, 0.2) is 29.2 Å². The zero-order valence-corrected chi connectivity index (χ0v) is 15.1. The summed E-state index contributed by atoms with van der Waals surface area (Å²) in [5.74, 6) is 0.0485. The van der Waals surface area contributed by atoms with Crippen LogP contribution in [0.5, 0.6) is 0 Å². The van der Waals surface area contributed by atoms with E-state index in [0.29, 0.717) is 37.1 Å². The molecule has 2 aliphatic rings. The minimum atomic E-state index is -3.45. The topological polar surface area (TPSA) is 69.7 Å². The van der Waals surface area contributed by atoms with Gasteiger partial charge in [0.1, 0.15) is 0 Å². The lowest BCUT2D eigenvalue weighted by molar-refractivity contribution is -0.126. The first-order chi connectivity index (χ1) is 11.4. The van der Waals surface area contributed by atoms with Gasteiger partial charge in [0, 0.05) is 32.2 Å². The van der Waals surface area contributed by atoms with Crippen molar-refractivity contribution in [1.29, 1.82) is 0 Å². The summed E-state index contributed by atoms with van der Waals surface area (Å²) in [6, 6.07) is 7.07. The maximum Gasteiger partial charge on any atom is 0.243 e. The summed E-state index contributed by atoms with van der Waals surface area (Å²) in [6.07, 6.45) is 2.14. The lowest BCUT2D eigenvalue weighted by atomic mass is 10.2. The maximum absolute atomic E-state index is 12.7. The third-order valence-electron chi connectivity index (χ3n) is 4.78. The van der Waals surface area contributed by atoms with Crippen molar-refractivity contribution in [1.82, 2.24) is 14.5 Å². The zero-order chi connectivity index (χ0) is 17.3. The van der Waals surface area contributed by atoms with Crippen LogP contribution >= 0.6 is 0 Å². The van der Waals surface area contributed by atoms with E-state index < -0.39 is 10.0 Å². The number of amides is 1. The Bertz CT molecular complexity index is 690. The average molecular weight is 351 g/mol. The molecule has 1 atom stereocenters. The summed E-state index contributed by atoms with van der Waals surface area (Å²) in [6.45, 7) is 5.80. The molecule has 1 heterocycles. The van der Waals surface area contributed by atoms with Gasteiger partial charge in [0.25, 0.3) is 0 Å². The Balaban J connectivity index is 1.59. The summed E-state index contributed by atoms with van der Waals surface area (Å²) in [5, 5.41) is 3.01. The van der Waals surface area contributed by atoms with Crippen LogP contribution in [0.2, 0.25) is 0 Å². The first-order valence-corrected chi connectivity index (χ1v) is 9.93. The van der Waals surface area contributed by atoms with Gasteiger partial charge in [0.15, 0.2) is 0 Å². The summed E-state index contributed by atoms with van der Waals surface area (Å²) in [7, 11) is -3.45. The Morgan fingerprint density at radius 1 is 1.12 bits per heavy atom. The summed E-state index contributed by atoms with van der Waals surface area (Å²) in [4.78, 5) is 14.5. The zero-order valence-electron chi connectivity index (χ0n) is 14.2. The highest BCUT2D eigenvalue weighted by molar-refractivity contribution is 7.89. The van der Waals surface area contributed by atoms with E-state index in [-0.39, 0.29) is 11.9 Å². The van der Waals surface area contributed by atoms with E-state index in [1.165, 1.54) is 4.31 Å². The molecule has 3 rings (SSSR count). The Morgan fingerprint density at radius 3 is 2.25 bits per heavy atom. The molecule has 1 N–H and O–H groups in total. The van der Waals surface area contributed by atoms with Crippen molar-refractivity contribution in [3.05, 3.63) is 29.8 Å². The van der Waals surface area contributed by atoms with Gasteiger partial charge in [-0.05, 0) is 38.8 Å². The second-order valence-electron chi connectivity index (χ2n) is 6.71. The number of sulfonamides is 1. The van der Waals surface area contributed by atoms with Crippen molar-refractivity contribution in [2.45, 2.75) is 43.7 Å². The SMILES string of the molecule is Cc1ccc(S(=O)(=O)N2CCN([C@H](C)C(=O)NC3CC3)CC2)cc1. The predicted octanol–water partition coefficient (Wildman–Crippen LogP) is 0.968. The highest BCUT2D eigenvalue weighted by atomic mass is 32.2. The number of nitrogens with zero attached hydrogens (tertiary/aromatic N) is 2. The molecule has 1 aliphatic heterocycles. The van der Waals surface area contributed by atoms with Gasteiger partial charge in [-0.25, -0.2) is 8.42 Å². The summed E-state index contributed by atoms with van der Waals surface area (Å²) in [5.41, 5.74) is 1.04. The molecule has 0 aromatic heterocycles. The smallest absolute Gasteiger partial charge is 0.243 e. The highest BCUT2D eigenvalue weighted by Crippen LogP contribution is 2.21. The molecule has 132 valence electrons. The third kappa shape index (κ3) is 3.79.